The Kier molecular flexibility index (Phi) is 19.3. The Bertz CT molecular complexity index is 1030. The number of carbonyl (C=O) groups excluding carboxylic acids is 4. The van der Waals surface area contributed by atoms with Crippen molar-refractivity contribution in [1.29, 1.82) is 0 Å². The molecule has 0 saturated carbocycles. The number of rotatable bonds is 21. The molecular weight excluding hydrogens is 658 g/mol. The largest absolute Gasteiger partial charge is 0.394 e. The highest BCUT2D eigenvalue weighted by molar-refractivity contribution is 5.83. The van der Waals surface area contributed by atoms with E-state index in [-0.39, 0.29) is 71.5 Å². The van der Waals surface area contributed by atoms with Crippen molar-refractivity contribution in [3.05, 3.63) is 0 Å². The zero-order valence-corrected chi connectivity index (χ0v) is 28.0. The van der Waals surface area contributed by atoms with Crippen molar-refractivity contribution >= 4 is 23.6 Å². The molecule has 0 radical (unpaired) electrons. The van der Waals surface area contributed by atoms with Crippen molar-refractivity contribution in [2.24, 2.45) is 5.73 Å². The number of nitrogens with two attached hydrogens (primary N) is 1. The maximum Gasteiger partial charge on any atom is 0.237 e. The SMILES string of the molecule is CC(=O)NC1C(OCCOCCNC(=O)C(N)CCC(=O)NCCOCCOC2OC(CO)C(O)C(O)C2NC(C)=O)OC(C)C(O)C1O. The summed E-state index contributed by atoms with van der Waals surface area (Å²) in [4.78, 5) is 47.3. The van der Waals surface area contributed by atoms with Crippen molar-refractivity contribution in [1.82, 2.24) is 21.3 Å². The van der Waals surface area contributed by atoms with Crippen LogP contribution in [0.3, 0.4) is 0 Å². The van der Waals surface area contributed by atoms with E-state index in [0.717, 1.165) is 0 Å². The minimum Gasteiger partial charge on any atom is -0.394 e. The fourth-order valence-electron chi connectivity index (χ4n) is 4.97. The van der Waals surface area contributed by atoms with Gasteiger partial charge in [0.25, 0.3) is 0 Å². The molecule has 0 aromatic carbocycles. The first kappa shape index (κ1) is 42.6. The van der Waals surface area contributed by atoms with Crippen molar-refractivity contribution < 1.29 is 73.1 Å². The fourth-order valence-corrected chi connectivity index (χ4v) is 4.97. The van der Waals surface area contributed by atoms with Gasteiger partial charge in [0.1, 0.15) is 42.6 Å². The Labute approximate surface area is 284 Å². The highest BCUT2D eigenvalue weighted by Gasteiger charge is 2.45. The van der Waals surface area contributed by atoms with Crippen LogP contribution in [0.4, 0.5) is 0 Å². The average molecular weight is 712 g/mol. The summed E-state index contributed by atoms with van der Waals surface area (Å²) >= 11 is 0. The average Bonchev–Trinajstić information content (AvgIpc) is 3.05. The van der Waals surface area contributed by atoms with Gasteiger partial charge in [-0.15, -0.1) is 0 Å². The number of nitrogens with one attached hydrogen (secondary N) is 4. The summed E-state index contributed by atoms with van der Waals surface area (Å²) in [6.07, 6.45) is -9.14. The van der Waals surface area contributed by atoms with E-state index in [1.165, 1.54) is 13.8 Å². The highest BCUT2D eigenvalue weighted by atomic mass is 16.7. The molecule has 0 aliphatic carbocycles. The fraction of sp³-hybridized carbons (Fsp3) is 0.862. The first-order chi connectivity index (χ1) is 23.3. The number of carbonyl (C=O) groups is 4. The summed E-state index contributed by atoms with van der Waals surface area (Å²) in [5.41, 5.74) is 5.88. The standard InChI is InChI=1S/C29H53N5O15/c1-15-23(39)25(41)21(33-16(2)36)28(48-15)46-12-10-45-9-7-32-27(43)18(30)4-5-20(38)31-6-8-44-11-13-47-29-22(34-17(3)37)26(42)24(40)19(14-35)49-29/h15,18-19,21-26,28-29,35,39-42H,4-14,30H2,1-3H3,(H,31,38)(H,32,43)(H,33,36)(H,34,37). The van der Waals surface area contributed by atoms with Crippen LogP contribution in [-0.2, 0) is 47.6 Å². The Hall–Kier alpha value is -2.60. The van der Waals surface area contributed by atoms with Crippen LogP contribution < -0.4 is 27.0 Å². The van der Waals surface area contributed by atoms with Crippen molar-refractivity contribution in [3.63, 3.8) is 0 Å². The Morgan fingerprint density at radius 3 is 1.78 bits per heavy atom. The Morgan fingerprint density at radius 1 is 0.735 bits per heavy atom. The monoisotopic (exact) mass is 711 g/mol. The summed E-state index contributed by atoms with van der Waals surface area (Å²) in [5, 5.41) is 60.1. The molecule has 11 N–H and O–H groups in total. The van der Waals surface area contributed by atoms with Gasteiger partial charge in [0.2, 0.25) is 23.6 Å². The predicted molar refractivity (Wildman–Crippen MR) is 166 cm³/mol. The molecule has 2 rings (SSSR count). The number of aliphatic hydroxyl groups is 5. The summed E-state index contributed by atoms with van der Waals surface area (Å²) in [6.45, 7) is 4.36. The third kappa shape index (κ3) is 14.7. The van der Waals surface area contributed by atoms with Gasteiger partial charge in [-0.05, 0) is 13.3 Å². The second kappa shape index (κ2) is 22.3. The second-order valence-corrected chi connectivity index (χ2v) is 11.6. The van der Waals surface area contributed by atoms with Crippen LogP contribution in [0, 0.1) is 0 Å². The lowest BCUT2D eigenvalue weighted by atomic mass is 9.97. The minimum atomic E-state index is -1.42. The van der Waals surface area contributed by atoms with Gasteiger partial charge in [-0.1, -0.05) is 0 Å². The molecular formula is C29H53N5O15. The maximum absolute atomic E-state index is 12.2. The predicted octanol–water partition coefficient (Wildman–Crippen LogP) is -5.69. The molecule has 11 atom stereocenters. The van der Waals surface area contributed by atoms with Crippen LogP contribution in [0.1, 0.15) is 33.6 Å². The van der Waals surface area contributed by atoms with Crippen molar-refractivity contribution in [2.45, 2.75) is 101 Å². The van der Waals surface area contributed by atoms with Crippen LogP contribution in [0.2, 0.25) is 0 Å². The zero-order valence-electron chi connectivity index (χ0n) is 28.0. The molecule has 0 aromatic rings. The lowest BCUT2D eigenvalue weighted by Crippen LogP contribution is -2.64. The second-order valence-electron chi connectivity index (χ2n) is 11.6. The number of amides is 4. The topological polar surface area (TPSA) is 299 Å². The molecule has 0 spiro atoms. The molecule has 0 aromatic heterocycles. The van der Waals surface area contributed by atoms with E-state index in [9.17, 15) is 44.7 Å². The lowest BCUT2D eigenvalue weighted by molar-refractivity contribution is -0.272. The lowest BCUT2D eigenvalue weighted by Gasteiger charge is -2.42. The van der Waals surface area contributed by atoms with Crippen LogP contribution >= 0.6 is 0 Å². The van der Waals surface area contributed by atoms with Crippen LogP contribution in [0.15, 0.2) is 0 Å². The first-order valence-electron chi connectivity index (χ1n) is 16.1. The third-order valence-corrected chi connectivity index (χ3v) is 7.61. The smallest absolute Gasteiger partial charge is 0.237 e. The number of aliphatic hydroxyl groups excluding tert-OH is 5. The van der Waals surface area contributed by atoms with Crippen LogP contribution in [-0.4, -0.2) is 176 Å². The van der Waals surface area contributed by atoms with E-state index in [1.807, 2.05) is 0 Å². The van der Waals surface area contributed by atoms with Gasteiger partial charge >= 0.3 is 0 Å². The number of hydrogen-bond donors (Lipinski definition) is 10. The Balaban J connectivity index is 1.52. The molecule has 2 aliphatic rings. The molecule has 20 nitrogen and oxygen atoms in total. The molecule has 2 saturated heterocycles. The normalized spacial score (nSPS) is 30.6. The minimum absolute atomic E-state index is 0.00233. The van der Waals surface area contributed by atoms with E-state index >= 15 is 0 Å². The summed E-state index contributed by atoms with van der Waals surface area (Å²) in [6, 6.07) is -2.94. The third-order valence-electron chi connectivity index (χ3n) is 7.61. The van der Waals surface area contributed by atoms with Gasteiger partial charge in [0, 0.05) is 33.4 Å². The number of hydrogen-bond acceptors (Lipinski definition) is 16. The van der Waals surface area contributed by atoms with E-state index in [4.69, 9.17) is 34.2 Å². The van der Waals surface area contributed by atoms with Gasteiger partial charge in [0.15, 0.2) is 12.6 Å². The zero-order chi connectivity index (χ0) is 36.5. The van der Waals surface area contributed by atoms with Gasteiger partial charge < -0.3 is 81.0 Å². The van der Waals surface area contributed by atoms with E-state index in [1.54, 1.807) is 6.92 Å². The first-order valence-corrected chi connectivity index (χ1v) is 16.1. The van der Waals surface area contributed by atoms with Crippen molar-refractivity contribution in [2.75, 3.05) is 59.3 Å². The van der Waals surface area contributed by atoms with Gasteiger partial charge in [0.05, 0.1) is 58.4 Å². The summed E-state index contributed by atoms with van der Waals surface area (Å²) in [5.74, 6) is -1.68. The molecule has 2 fully saturated rings. The van der Waals surface area contributed by atoms with E-state index < -0.39 is 91.7 Å². The quantitative estimate of drug-likeness (QED) is 0.0496. The summed E-state index contributed by atoms with van der Waals surface area (Å²) < 4.78 is 32.9. The van der Waals surface area contributed by atoms with Gasteiger partial charge in [-0.25, -0.2) is 0 Å². The highest BCUT2D eigenvalue weighted by Crippen LogP contribution is 2.23. The molecule has 0 bridgehead atoms. The molecule has 4 amide bonds. The molecule has 2 aliphatic heterocycles. The summed E-state index contributed by atoms with van der Waals surface area (Å²) in [7, 11) is 0. The van der Waals surface area contributed by atoms with Crippen molar-refractivity contribution in [3.8, 4) is 0 Å². The van der Waals surface area contributed by atoms with E-state index in [0.29, 0.717) is 0 Å². The van der Waals surface area contributed by atoms with E-state index in [2.05, 4.69) is 21.3 Å². The number of ether oxygens (including phenoxy) is 6. The van der Waals surface area contributed by atoms with Crippen LogP contribution in [0.25, 0.3) is 0 Å². The molecule has 11 unspecified atom stereocenters. The molecule has 49 heavy (non-hydrogen) atoms. The molecule has 284 valence electrons. The molecule has 2 heterocycles. The molecule has 20 heteroatoms. The van der Waals surface area contributed by atoms with Gasteiger partial charge in [-0.3, -0.25) is 19.2 Å². The van der Waals surface area contributed by atoms with Crippen LogP contribution in [0.5, 0.6) is 0 Å². The Morgan fingerprint density at radius 2 is 1.24 bits per heavy atom. The van der Waals surface area contributed by atoms with Gasteiger partial charge in [-0.2, -0.15) is 0 Å². The maximum atomic E-state index is 12.2.